The Morgan fingerprint density at radius 3 is 2.13 bits per heavy atom. The van der Waals surface area contributed by atoms with Crippen LogP contribution in [0.2, 0.25) is 0 Å². The van der Waals surface area contributed by atoms with Crippen molar-refractivity contribution in [2.45, 2.75) is 45.1 Å². The maximum absolute atomic E-state index is 12.9. The molecule has 4 rings (SSSR count). The molecule has 0 unspecified atom stereocenters. The molecular weight excluding hydrogens is 328 g/mol. The summed E-state index contributed by atoms with van der Waals surface area (Å²) in [5.74, 6) is -1.08. The second-order valence-electron chi connectivity index (χ2n) is 6.65. The van der Waals surface area contributed by atoms with Gasteiger partial charge in [0, 0.05) is 12.1 Å². The average Bonchev–Trinajstić information content (AvgIpc) is 2.56. The Morgan fingerprint density at radius 1 is 1.22 bits per heavy atom. The van der Waals surface area contributed by atoms with Gasteiger partial charge in [-0.1, -0.05) is 0 Å². The predicted octanol–water partition coefficient (Wildman–Crippen LogP) is 3.04. The van der Waals surface area contributed by atoms with Crippen molar-refractivity contribution in [2.75, 3.05) is 0 Å². The van der Waals surface area contributed by atoms with Gasteiger partial charge in [-0.3, -0.25) is 9.48 Å². The maximum atomic E-state index is 12.9. The summed E-state index contributed by atoms with van der Waals surface area (Å²) in [5.41, 5.74) is 0.615. The van der Waals surface area contributed by atoms with Crippen LogP contribution in [0.5, 0.6) is 0 Å². The molecule has 3 saturated carbocycles. The molecule has 0 atom stereocenters. The van der Waals surface area contributed by atoms with E-state index in [1.54, 1.807) is 0 Å². The lowest BCUT2D eigenvalue weighted by molar-refractivity contribution is -0.366. The van der Waals surface area contributed by atoms with E-state index in [0.717, 1.165) is 11.6 Å². The molecule has 0 spiro atoms. The summed E-state index contributed by atoms with van der Waals surface area (Å²) in [6.45, 7) is 0.908. The molecule has 23 heavy (non-hydrogen) atoms. The van der Waals surface area contributed by atoms with E-state index in [-0.39, 0.29) is 25.8 Å². The maximum Gasteiger partial charge on any atom is 0.435 e. The normalized spacial score (nSPS) is 29.9. The van der Waals surface area contributed by atoms with Crippen LogP contribution in [0.1, 0.15) is 41.0 Å². The molecule has 4 nitrogen and oxygen atoms in total. The Balaban J connectivity index is 1.87. The Hall–Kier alpha value is -1.74. The van der Waals surface area contributed by atoms with Crippen molar-refractivity contribution in [2.24, 2.45) is 16.6 Å². The molecule has 3 fully saturated rings. The highest BCUT2D eigenvalue weighted by molar-refractivity contribution is 5.92. The van der Waals surface area contributed by atoms with Crippen LogP contribution in [0, 0.1) is 17.8 Å². The minimum atomic E-state index is -4.76. The van der Waals surface area contributed by atoms with E-state index in [4.69, 9.17) is 5.73 Å². The zero-order valence-electron chi connectivity index (χ0n) is 12.0. The summed E-state index contributed by atoms with van der Waals surface area (Å²) in [6, 6.07) is 0. The summed E-state index contributed by atoms with van der Waals surface area (Å²) in [6.07, 6.45) is -9.52. The lowest BCUT2D eigenvalue weighted by Crippen LogP contribution is -2.69. The zero-order valence-corrected chi connectivity index (χ0v) is 12.0. The first kappa shape index (κ1) is 16.1. The lowest BCUT2D eigenvalue weighted by Gasteiger charge is -2.70. The van der Waals surface area contributed by atoms with Gasteiger partial charge in [0.15, 0.2) is 5.69 Å². The van der Waals surface area contributed by atoms with Gasteiger partial charge in [0.2, 0.25) is 0 Å². The van der Waals surface area contributed by atoms with Crippen LogP contribution in [0.15, 0.2) is 0 Å². The van der Waals surface area contributed by atoms with Crippen molar-refractivity contribution >= 4 is 5.91 Å². The fourth-order valence-electron chi connectivity index (χ4n) is 4.03. The molecule has 1 amide bonds. The molecule has 10 heteroatoms. The first-order chi connectivity index (χ1) is 10.3. The average molecular weight is 341 g/mol. The number of hydrogen-bond donors (Lipinski definition) is 1. The third-order valence-electron chi connectivity index (χ3n) is 4.92. The molecule has 0 aromatic carbocycles. The highest BCUT2D eigenvalue weighted by atomic mass is 19.4. The number of alkyl halides is 6. The van der Waals surface area contributed by atoms with Gasteiger partial charge in [-0.2, -0.15) is 31.4 Å². The second-order valence-corrected chi connectivity index (χ2v) is 6.65. The number of nitrogens with zero attached hydrogens (tertiary/aromatic N) is 2. The van der Waals surface area contributed by atoms with E-state index >= 15 is 0 Å². The van der Waals surface area contributed by atoms with Gasteiger partial charge < -0.3 is 5.73 Å². The van der Waals surface area contributed by atoms with Crippen molar-refractivity contribution in [3.63, 3.8) is 0 Å². The number of primary amides is 1. The summed E-state index contributed by atoms with van der Waals surface area (Å²) in [7, 11) is 0. The molecular formula is C13H13F6N3O. The topological polar surface area (TPSA) is 60.9 Å². The number of aromatic nitrogens is 2. The van der Waals surface area contributed by atoms with Gasteiger partial charge >= 0.3 is 12.4 Å². The highest BCUT2D eigenvalue weighted by Gasteiger charge is 2.78. The van der Waals surface area contributed by atoms with E-state index in [1.165, 1.54) is 0 Å². The molecule has 2 bridgehead atoms. The summed E-state index contributed by atoms with van der Waals surface area (Å²) >= 11 is 0. The van der Waals surface area contributed by atoms with Crippen molar-refractivity contribution in [3.8, 4) is 0 Å². The Labute approximate surface area is 126 Å². The van der Waals surface area contributed by atoms with Gasteiger partial charge in [-0.15, -0.1) is 0 Å². The van der Waals surface area contributed by atoms with Gasteiger partial charge in [-0.05, 0) is 31.6 Å². The minimum absolute atomic E-state index is 0.151. The standard InChI is InChI=1S/C13H13F6N3O/c1-6-7(9(20)23)22(21-8(6)12(14,15)16)5-10-2-11(3-10,4-10)13(17,18)19/h2-5H2,1H3,(H2,20,23). The quantitative estimate of drug-likeness (QED) is 0.859. The third kappa shape index (κ3) is 2.13. The van der Waals surface area contributed by atoms with Crippen molar-refractivity contribution < 1.29 is 31.1 Å². The second kappa shape index (κ2) is 4.21. The minimum Gasteiger partial charge on any atom is -0.364 e. The largest absolute Gasteiger partial charge is 0.435 e. The number of amides is 1. The molecule has 0 aliphatic heterocycles. The van der Waals surface area contributed by atoms with E-state index in [2.05, 4.69) is 5.10 Å². The van der Waals surface area contributed by atoms with E-state index in [0.29, 0.717) is 0 Å². The summed E-state index contributed by atoms with van der Waals surface area (Å²) < 4.78 is 77.9. The van der Waals surface area contributed by atoms with Crippen molar-refractivity contribution in [1.29, 1.82) is 0 Å². The fraction of sp³-hybridized carbons (Fsp3) is 0.692. The van der Waals surface area contributed by atoms with Gasteiger partial charge in [0.25, 0.3) is 5.91 Å². The van der Waals surface area contributed by atoms with Crippen LogP contribution in [0.4, 0.5) is 26.3 Å². The Morgan fingerprint density at radius 2 is 1.74 bits per heavy atom. The van der Waals surface area contributed by atoms with Crippen LogP contribution < -0.4 is 5.73 Å². The molecule has 0 radical (unpaired) electrons. The molecule has 1 aromatic heterocycles. The third-order valence-corrected chi connectivity index (χ3v) is 4.92. The molecule has 1 heterocycles. The number of nitrogens with two attached hydrogens (primary N) is 1. The number of halogens is 6. The number of rotatable bonds is 3. The van der Waals surface area contributed by atoms with Crippen LogP contribution >= 0.6 is 0 Å². The zero-order chi connectivity index (χ0) is 17.4. The lowest BCUT2D eigenvalue weighted by atomic mass is 9.35. The monoisotopic (exact) mass is 341 g/mol. The fourth-order valence-corrected chi connectivity index (χ4v) is 4.03. The van der Waals surface area contributed by atoms with E-state index in [1.807, 2.05) is 0 Å². The molecule has 1 aromatic rings. The van der Waals surface area contributed by atoms with Crippen molar-refractivity contribution in [1.82, 2.24) is 9.78 Å². The number of carbonyl (C=O) groups excluding carboxylic acids is 1. The van der Waals surface area contributed by atoms with E-state index in [9.17, 15) is 31.1 Å². The molecule has 0 saturated heterocycles. The molecule has 2 N–H and O–H groups in total. The van der Waals surface area contributed by atoms with Crippen LogP contribution in [-0.2, 0) is 12.7 Å². The predicted molar refractivity (Wildman–Crippen MR) is 65.3 cm³/mol. The first-order valence-electron chi connectivity index (χ1n) is 6.82. The SMILES string of the molecule is Cc1c(C(F)(F)F)nn(CC23CC(C(F)(F)F)(C2)C3)c1C(N)=O. The number of carbonyl (C=O) groups is 1. The smallest absolute Gasteiger partial charge is 0.364 e. The van der Waals surface area contributed by atoms with Gasteiger partial charge in [-0.25, -0.2) is 0 Å². The van der Waals surface area contributed by atoms with Crippen LogP contribution in [-0.4, -0.2) is 21.9 Å². The Bertz CT molecular complexity index is 667. The Kier molecular flexibility index (Phi) is 2.95. The van der Waals surface area contributed by atoms with Gasteiger partial charge in [0.1, 0.15) is 5.69 Å². The number of hydrogen-bond acceptors (Lipinski definition) is 2. The summed E-state index contributed by atoms with van der Waals surface area (Å²) in [4.78, 5) is 11.4. The molecule has 3 aliphatic rings. The molecule has 128 valence electrons. The van der Waals surface area contributed by atoms with Crippen LogP contribution in [0.3, 0.4) is 0 Å². The van der Waals surface area contributed by atoms with E-state index < -0.39 is 46.0 Å². The van der Waals surface area contributed by atoms with Gasteiger partial charge in [0.05, 0.1) is 5.41 Å². The first-order valence-corrected chi connectivity index (χ1v) is 6.82. The van der Waals surface area contributed by atoms with Crippen LogP contribution in [0.25, 0.3) is 0 Å². The van der Waals surface area contributed by atoms with Crippen molar-refractivity contribution in [3.05, 3.63) is 17.0 Å². The summed E-state index contributed by atoms with van der Waals surface area (Å²) in [5, 5.41) is 3.39. The highest BCUT2D eigenvalue weighted by Crippen LogP contribution is 2.78. The molecule has 3 aliphatic carbocycles.